The number of hydrogen-bond acceptors (Lipinski definition) is 5. The first kappa shape index (κ1) is 38.0. The summed E-state index contributed by atoms with van der Waals surface area (Å²) in [5, 5.41) is 9.11. The predicted octanol–water partition coefficient (Wildman–Crippen LogP) is 7.62. The second kappa shape index (κ2) is 27.2. The fourth-order valence-corrected chi connectivity index (χ4v) is 4.89. The van der Waals surface area contributed by atoms with Gasteiger partial charge in [0.1, 0.15) is 6.54 Å². The molecule has 2 unspecified atom stereocenters. The summed E-state index contributed by atoms with van der Waals surface area (Å²) in [6.07, 6.45) is 23.4. The van der Waals surface area contributed by atoms with Crippen LogP contribution in [0, 0.1) is 0 Å². The van der Waals surface area contributed by atoms with Crippen molar-refractivity contribution >= 4 is 5.97 Å². The average molecular weight is 557 g/mol. The van der Waals surface area contributed by atoms with Crippen LogP contribution < -0.4 is 0 Å². The number of unbranched alkanes of at least 4 members (excludes halogenated alkanes) is 13. The van der Waals surface area contributed by atoms with Crippen molar-refractivity contribution in [2.24, 2.45) is 0 Å². The first-order valence-electron chi connectivity index (χ1n) is 16.3. The predicted molar refractivity (Wildman–Crippen MR) is 164 cm³/mol. The van der Waals surface area contributed by atoms with E-state index in [1.165, 1.54) is 77.0 Å². The molecule has 1 N–H and O–H groups in total. The third-order valence-electron chi connectivity index (χ3n) is 7.58. The minimum atomic E-state index is -0.131. The van der Waals surface area contributed by atoms with Gasteiger partial charge in [-0.2, -0.15) is 0 Å². The molecular formula is C33H66NO5+. The molecule has 0 saturated heterocycles. The number of quaternary nitrogens is 1. The molecule has 0 aromatic carbocycles. The highest BCUT2D eigenvalue weighted by Gasteiger charge is 2.18. The van der Waals surface area contributed by atoms with Crippen molar-refractivity contribution in [1.82, 2.24) is 0 Å². The van der Waals surface area contributed by atoms with Gasteiger partial charge in [-0.05, 0) is 26.2 Å². The summed E-state index contributed by atoms with van der Waals surface area (Å²) in [7, 11) is 4.20. The molecule has 2 atom stereocenters. The second-order valence-corrected chi connectivity index (χ2v) is 11.9. The van der Waals surface area contributed by atoms with Gasteiger partial charge in [0, 0.05) is 12.8 Å². The number of rotatable bonds is 30. The van der Waals surface area contributed by atoms with Crippen molar-refractivity contribution in [3.05, 3.63) is 12.7 Å². The van der Waals surface area contributed by atoms with E-state index < -0.39 is 0 Å². The Morgan fingerprint density at radius 2 is 1.38 bits per heavy atom. The number of esters is 1. The molecule has 0 radical (unpaired) electrons. The van der Waals surface area contributed by atoms with Crippen molar-refractivity contribution in [3.8, 4) is 0 Å². The van der Waals surface area contributed by atoms with E-state index in [9.17, 15) is 4.79 Å². The van der Waals surface area contributed by atoms with Crippen molar-refractivity contribution < 1.29 is 28.6 Å². The fourth-order valence-electron chi connectivity index (χ4n) is 4.89. The van der Waals surface area contributed by atoms with Crippen molar-refractivity contribution in [1.29, 1.82) is 0 Å². The van der Waals surface area contributed by atoms with E-state index in [4.69, 9.17) is 19.3 Å². The molecule has 0 fully saturated rings. The average Bonchev–Trinajstić information content (AvgIpc) is 2.90. The zero-order chi connectivity index (χ0) is 29.0. The van der Waals surface area contributed by atoms with Gasteiger partial charge >= 0.3 is 5.97 Å². The van der Waals surface area contributed by atoms with Crippen molar-refractivity contribution in [2.75, 3.05) is 53.6 Å². The van der Waals surface area contributed by atoms with Crippen LogP contribution in [0.15, 0.2) is 12.7 Å². The Kier molecular flexibility index (Phi) is 26.6. The van der Waals surface area contributed by atoms with Crippen LogP contribution in [-0.4, -0.2) is 81.4 Å². The largest absolute Gasteiger partial charge is 0.466 e. The number of ether oxygens (including phenoxy) is 3. The number of carbonyl (C=O) groups excluding carboxylic acids is 1. The zero-order valence-corrected chi connectivity index (χ0v) is 26.4. The Labute approximate surface area is 242 Å². The minimum Gasteiger partial charge on any atom is -0.466 e. The smallest absolute Gasteiger partial charge is 0.305 e. The van der Waals surface area contributed by atoms with Gasteiger partial charge in [0.05, 0.1) is 59.3 Å². The molecule has 6 heteroatoms. The second-order valence-electron chi connectivity index (χ2n) is 11.9. The SMILES string of the molecule is C=CCOC(C)C(CCCCCCCCCCCCCCC)OCCCOC(=O)CCCC[N+](C)(C)CCO. The highest BCUT2D eigenvalue weighted by atomic mass is 16.5. The van der Waals surface area contributed by atoms with E-state index in [1.54, 1.807) is 6.08 Å². The topological polar surface area (TPSA) is 65.0 Å². The Bertz CT molecular complexity index is 554. The van der Waals surface area contributed by atoms with E-state index in [-0.39, 0.29) is 24.8 Å². The van der Waals surface area contributed by atoms with Gasteiger partial charge in [0.15, 0.2) is 0 Å². The molecule has 0 heterocycles. The van der Waals surface area contributed by atoms with Gasteiger partial charge in [0.25, 0.3) is 0 Å². The summed E-state index contributed by atoms with van der Waals surface area (Å²) in [6, 6.07) is 0. The molecule has 0 rings (SSSR count). The molecule has 0 aliphatic heterocycles. The van der Waals surface area contributed by atoms with E-state index in [1.807, 2.05) is 0 Å². The Morgan fingerprint density at radius 1 is 0.795 bits per heavy atom. The van der Waals surface area contributed by atoms with E-state index in [2.05, 4.69) is 34.5 Å². The van der Waals surface area contributed by atoms with Crippen LogP contribution >= 0.6 is 0 Å². The molecule has 0 aromatic rings. The summed E-state index contributed by atoms with van der Waals surface area (Å²) in [5.41, 5.74) is 0. The molecule has 6 nitrogen and oxygen atoms in total. The standard InChI is InChI=1S/C33H66NO5/c1-6-8-9-10-11-12-13-14-15-16-17-18-19-23-32(31(3)37-28-7-2)38-29-22-30-39-33(36)24-20-21-25-34(4,5)26-27-35/h7,31-32,35H,2,6,8-30H2,1,3-5H3/q+1. The third-order valence-corrected chi connectivity index (χ3v) is 7.58. The lowest BCUT2D eigenvalue weighted by Gasteiger charge is -2.28. The molecule has 0 amide bonds. The van der Waals surface area contributed by atoms with Crippen molar-refractivity contribution in [3.63, 3.8) is 0 Å². The quantitative estimate of drug-likeness (QED) is 0.0427. The first-order chi connectivity index (χ1) is 18.9. The summed E-state index contributed by atoms with van der Waals surface area (Å²) < 4.78 is 18.2. The van der Waals surface area contributed by atoms with Gasteiger partial charge in [-0.3, -0.25) is 4.79 Å². The molecule has 0 aliphatic rings. The van der Waals surface area contributed by atoms with E-state index in [0.29, 0.717) is 32.7 Å². The van der Waals surface area contributed by atoms with Gasteiger partial charge in [-0.1, -0.05) is 96.5 Å². The monoisotopic (exact) mass is 556 g/mol. The van der Waals surface area contributed by atoms with Gasteiger partial charge in [-0.15, -0.1) is 6.58 Å². The number of nitrogens with zero attached hydrogens (tertiary/aromatic N) is 1. The molecule has 0 spiro atoms. The maximum Gasteiger partial charge on any atom is 0.305 e. The molecule has 232 valence electrons. The Balaban J connectivity index is 3.94. The fraction of sp³-hybridized carbons (Fsp3) is 0.909. The van der Waals surface area contributed by atoms with Gasteiger partial charge < -0.3 is 23.8 Å². The van der Waals surface area contributed by atoms with Gasteiger partial charge in [-0.25, -0.2) is 0 Å². The lowest BCUT2D eigenvalue weighted by atomic mass is 10.0. The number of aliphatic hydroxyl groups is 1. The third kappa shape index (κ3) is 25.7. The van der Waals surface area contributed by atoms with E-state index in [0.717, 1.165) is 43.3 Å². The Hall–Kier alpha value is -0.950. The molecule has 0 bridgehead atoms. The van der Waals surface area contributed by atoms with Crippen LogP contribution in [0.2, 0.25) is 0 Å². The number of aliphatic hydroxyl groups excluding tert-OH is 1. The van der Waals surface area contributed by atoms with E-state index >= 15 is 0 Å². The van der Waals surface area contributed by atoms with Crippen LogP contribution in [0.25, 0.3) is 0 Å². The lowest BCUT2D eigenvalue weighted by Crippen LogP contribution is -2.42. The van der Waals surface area contributed by atoms with Crippen LogP contribution in [0.5, 0.6) is 0 Å². The maximum atomic E-state index is 12.0. The number of hydrogen-bond donors (Lipinski definition) is 1. The first-order valence-corrected chi connectivity index (χ1v) is 16.3. The molecule has 0 aliphatic carbocycles. The number of likely N-dealkylation sites (N-methyl/N-ethyl adjacent to an activating group) is 1. The molecule has 39 heavy (non-hydrogen) atoms. The summed E-state index contributed by atoms with van der Waals surface area (Å²) >= 11 is 0. The van der Waals surface area contributed by atoms with Crippen LogP contribution in [0.4, 0.5) is 0 Å². The van der Waals surface area contributed by atoms with Crippen LogP contribution in [0.3, 0.4) is 0 Å². The summed E-state index contributed by atoms with van der Waals surface area (Å²) in [5.74, 6) is -0.131. The van der Waals surface area contributed by atoms with Crippen molar-refractivity contribution in [2.45, 2.75) is 142 Å². The molecule has 0 saturated carbocycles. The normalized spacial score (nSPS) is 13.4. The lowest BCUT2D eigenvalue weighted by molar-refractivity contribution is -0.890. The summed E-state index contributed by atoms with van der Waals surface area (Å²) in [6.45, 7) is 11.5. The van der Waals surface area contributed by atoms with Gasteiger partial charge in [0.2, 0.25) is 0 Å². The number of carbonyl (C=O) groups is 1. The zero-order valence-electron chi connectivity index (χ0n) is 26.4. The van der Waals surface area contributed by atoms with Crippen LogP contribution in [0.1, 0.15) is 129 Å². The molecular weight excluding hydrogens is 490 g/mol. The molecule has 0 aromatic heterocycles. The summed E-state index contributed by atoms with van der Waals surface area (Å²) in [4.78, 5) is 12.0. The highest BCUT2D eigenvalue weighted by molar-refractivity contribution is 5.69. The minimum absolute atomic E-state index is 0.0244. The van der Waals surface area contributed by atoms with Crippen LogP contribution in [-0.2, 0) is 19.0 Å². The maximum absolute atomic E-state index is 12.0. The Morgan fingerprint density at radius 3 is 1.95 bits per heavy atom. The highest BCUT2D eigenvalue weighted by Crippen LogP contribution is 2.17.